The SMILES string of the molecule is CCOc1c2[nH]c(C(=O)O)cc(=O)c2c(C)c2c(=O)cc(C(=O)O)[nH]c12. The van der Waals surface area contributed by atoms with Gasteiger partial charge < -0.3 is 24.9 Å². The van der Waals surface area contributed by atoms with Crippen LogP contribution in [-0.2, 0) is 0 Å². The number of H-pyrrole nitrogens is 2. The predicted octanol–water partition coefficient (Wildman–Crippen LogP) is 1.47. The van der Waals surface area contributed by atoms with Crippen molar-refractivity contribution >= 4 is 33.7 Å². The van der Waals surface area contributed by atoms with Crippen molar-refractivity contribution in [3.05, 3.63) is 49.5 Å². The van der Waals surface area contributed by atoms with E-state index in [1.54, 1.807) is 6.92 Å². The number of rotatable bonds is 4. The molecule has 0 bridgehead atoms. The predicted molar refractivity (Wildman–Crippen MR) is 92.5 cm³/mol. The second-order valence-corrected chi connectivity index (χ2v) is 5.59. The maximum Gasteiger partial charge on any atom is 0.352 e. The van der Waals surface area contributed by atoms with Gasteiger partial charge in [-0.2, -0.15) is 0 Å². The summed E-state index contributed by atoms with van der Waals surface area (Å²) < 4.78 is 5.54. The third-order valence-corrected chi connectivity index (χ3v) is 4.02. The van der Waals surface area contributed by atoms with Gasteiger partial charge in [0.25, 0.3) is 0 Å². The Kier molecular flexibility index (Phi) is 3.99. The Labute approximate surface area is 144 Å². The van der Waals surface area contributed by atoms with Crippen molar-refractivity contribution in [2.45, 2.75) is 13.8 Å². The lowest BCUT2D eigenvalue weighted by atomic mass is 10.0. The molecule has 4 N–H and O–H groups in total. The molecule has 3 rings (SSSR count). The molecular weight excluding hydrogens is 344 g/mol. The Hall–Kier alpha value is -3.62. The number of ether oxygens (including phenoxy) is 1. The number of carboxylic acids is 2. The van der Waals surface area contributed by atoms with Crippen LogP contribution in [-0.4, -0.2) is 38.7 Å². The summed E-state index contributed by atoms with van der Waals surface area (Å²) >= 11 is 0. The first-order chi connectivity index (χ1) is 12.3. The third kappa shape index (κ3) is 2.50. The molecule has 0 saturated heterocycles. The molecule has 0 radical (unpaired) electrons. The lowest BCUT2D eigenvalue weighted by Gasteiger charge is -2.15. The number of hydrogen-bond acceptors (Lipinski definition) is 5. The van der Waals surface area contributed by atoms with E-state index in [9.17, 15) is 29.4 Å². The van der Waals surface area contributed by atoms with Crippen molar-refractivity contribution in [1.82, 2.24) is 9.97 Å². The van der Waals surface area contributed by atoms with Crippen LogP contribution in [0, 0.1) is 6.92 Å². The topological polar surface area (TPSA) is 150 Å². The molecule has 0 atom stereocenters. The minimum atomic E-state index is -1.34. The maximum absolute atomic E-state index is 12.5. The average molecular weight is 358 g/mol. The first kappa shape index (κ1) is 17.2. The molecule has 0 saturated carbocycles. The Bertz CT molecular complexity index is 1110. The van der Waals surface area contributed by atoms with E-state index in [1.807, 2.05) is 0 Å². The van der Waals surface area contributed by atoms with Crippen LogP contribution in [0.1, 0.15) is 33.5 Å². The maximum atomic E-state index is 12.5. The largest absolute Gasteiger partial charge is 0.489 e. The van der Waals surface area contributed by atoms with Gasteiger partial charge in [-0.05, 0) is 19.4 Å². The van der Waals surface area contributed by atoms with Crippen molar-refractivity contribution in [3.63, 3.8) is 0 Å². The summed E-state index contributed by atoms with van der Waals surface area (Å²) in [5.41, 5.74) is -1.40. The van der Waals surface area contributed by atoms with Gasteiger partial charge in [0.1, 0.15) is 11.4 Å². The van der Waals surface area contributed by atoms with Gasteiger partial charge in [0.05, 0.1) is 28.4 Å². The van der Waals surface area contributed by atoms with E-state index in [2.05, 4.69) is 9.97 Å². The van der Waals surface area contributed by atoms with E-state index < -0.39 is 22.8 Å². The van der Waals surface area contributed by atoms with Crippen LogP contribution in [0.25, 0.3) is 21.8 Å². The van der Waals surface area contributed by atoms with Gasteiger partial charge in [-0.1, -0.05) is 0 Å². The molecule has 0 unspecified atom stereocenters. The van der Waals surface area contributed by atoms with E-state index in [1.165, 1.54) is 6.92 Å². The summed E-state index contributed by atoms with van der Waals surface area (Å²) in [5.74, 6) is -2.66. The summed E-state index contributed by atoms with van der Waals surface area (Å²) in [7, 11) is 0. The lowest BCUT2D eigenvalue weighted by Crippen LogP contribution is -2.16. The monoisotopic (exact) mass is 358 g/mol. The zero-order chi connectivity index (χ0) is 19.2. The summed E-state index contributed by atoms with van der Waals surface area (Å²) in [5, 5.41) is 18.6. The summed E-state index contributed by atoms with van der Waals surface area (Å²) in [6.07, 6.45) is 0. The van der Waals surface area contributed by atoms with Crippen molar-refractivity contribution in [3.8, 4) is 5.75 Å². The van der Waals surface area contributed by atoms with E-state index in [0.717, 1.165) is 12.1 Å². The van der Waals surface area contributed by atoms with E-state index in [4.69, 9.17) is 4.74 Å². The highest BCUT2D eigenvalue weighted by Crippen LogP contribution is 2.33. The minimum absolute atomic E-state index is 0.0171. The Morgan fingerprint density at radius 1 is 0.962 bits per heavy atom. The highest BCUT2D eigenvalue weighted by molar-refractivity contribution is 6.06. The molecule has 2 aromatic heterocycles. The van der Waals surface area contributed by atoms with Crippen molar-refractivity contribution in [1.29, 1.82) is 0 Å². The van der Waals surface area contributed by atoms with Crippen LogP contribution in [0.3, 0.4) is 0 Å². The zero-order valence-electron chi connectivity index (χ0n) is 13.8. The van der Waals surface area contributed by atoms with Crippen LogP contribution in [0.2, 0.25) is 0 Å². The number of benzene rings is 1. The fourth-order valence-electron chi connectivity index (χ4n) is 2.97. The summed E-state index contributed by atoms with van der Waals surface area (Å²) in [6.45, 7) is 3.34. The number of aromatic nitrogens is 2. The molecule has 134 valence electrons. The molecule has 0 aliphatic carbocycles. The Balaban J connectivity index is 2.65. The summed E-state index contributed by atoms with van der Waals surface area (Å²) in [6, 6.07) is 1.86. The van der Waals surface area contributed by atoms with Crippen LogP contribution in [0.15, 0.2) is 21.7 Å². The van der Waals surface area contributed by atoms with Crippen molar-refractivity contribution in [2.24, 2.45) is 0 Å². The molecular formula is C17H14N2O7. The average Bonchev–Trinajstić information content (AvgIpc) is 2.57. The molecule has 0 spiro atoms. The van der Waals surface area contributed by atoms with Gasteiger partial charge in [-0.3, -0.25) is 9.59 Å². The molecule has 0 aliphatic heterocycles. The molecule has 0 fully saturated rings. The second kappa shape index (κ2) is 6.03. The second-order valence-electron chi connectivity index (χ2n) is 5.59. The molecule has 26 heavy (non-hydrogen) atoms. The summed E-state index contributed by atoms with van der Waals surface area (Å²) in [4.78, 5) is 52.7. The third-order valence-electron chi connectivity index (χ3n) is 4.02. The van der Waals surface area contributed by atoms with Gasteiger partial charge in [0.2, 0.25) is 0 Å². The van der Waals surface area contributed by atoms with Gasteiger partial charge >= 0.3 is 11.9 Å². The highest BCUT2D eigenvalue weighted by Gasteiger charge is 2.21. The minimum Gasteiger partial charge on any atom is -0.489 e. The normalized spacial score (nSPS) is 11.0. The molecule has 1 aromatic carbocycles. The number of hydrogen-bond donors (Lipinski definition) is 4. The van der Waals surface area contributed by atoms with Gasteiger partial charge in [0, 0.05) is 12.1 Å². The first-order valence-corrected chi connectivity index (χ1v) is 7.62. The molecule has 2 heterocycles. The highest BCUT2D eigenvalue weighted by atomic mass is 16.5. The molecule has 9 nitrogen and oxygen atoms in total. The van der Waals surface area contributed by atoms with Crippen LogP contribution >= 0.6 is 0 Å². The zero-order valence-corrected chi connectivity index (χ0v) is 13.8. The molecule has 0 aliphatic rings. The molecule has 9 heteroatoms. The van der Waals surface area contributed by atoms with Crippen molar-refractivity contribution < 1.29 is 24.5 Å². The quantitative estimate of drug-likeness (QED) is 0.516. The van der Waals surface area contributed by atoms with E-state index >= 15 is 0 Å². The number of nitrogens with one attached hydrogen (secondary N) is 2. The van der Waals surface area contributed by atoms with Gasteiger partial charge in [0.15, 0.2) is 16.6 Å². The van der Waals surface area contributed by atoms with Crippen LogP contribution < -0.4 is 15.6 Å². The number of fused-ring (bicyclic) bond motifs is 2. The fraction of sp³-hybridized carbons (Fsp3) is 0.176. The molecule has 0 amide bonds. The molecule has 3 aromatic rings. The first-order valence-electron chi connectivity index (χ1n) is 7.62. The van der Waals surface area contributed by atoms with Crippen LogP contribution in [0.5, 0.6) is 5.75 Å². The van der Waals surface area contributed by atoms with E-state index in [0.29, 0.717) is 5.56 Å². The number of aromatic carboxylic acids is 2. The standard InChI is InChI=1S/C17H14N2O7/c1-3-26-15-13-11(9(20)4-7(18-13)16(22)23)6(2)12-10(21)5-8(17(24)25)19-14(12)15/h4-5H,3H2,1-2H3,(H,18,20)(H,19,21)(H,22,23)(H,24,25). The van der Waals surface area contributed by atoms with Gasteiger partial charge in [-0.25, -0.2) is 9.59 Å². The number of pyridine rings is 2. The number of carboxylic acid groups (broad SMARTS) is 2. The van der Waals surface area contributed by atoms with Crippen LogP contribution in [0.4, 0.5) is 0 Å². The number of aromatic amines is 2. The Morgan fingerprint density at radius 2 is 1.38 bits per heavy atom. The fourth-order valence-corrected chi connectivity index (χ4v) is 2.97. The Morgan fingerprint density at radius 3 is 1.73 bits per heavy atom. The van der Waals surface area contributed by atoms with Crippen molar-refractivity contribution in [2.75, 3.05) is 6.61 Å². The lowest BCUT2D eigenvalue weighted by molar-refractivity contribution is 0.0680. The van der Waals surface area contributed by atoms with Gasteiger partial charge in [-0.15, -0.1) is 0 Å². The number of aryl methyl sites for hydroxylation is 1. The number of carbonyl (C=O) groups is 2. The van der Waals surface area contributed by atoms with E-state index in [-0.39, 0.29) is 45.6 Å². The smallest absolute Gasteiger partial charge is 0.352 e.